The van der Waals surface area contributed by atoms with Crippen LogP contribution in [0.5, 0.6) is 5.75 Å². The smallest absolute Gasteiger partial charge is 0.222 e. The van der Waals surface area contributed by atoms with Crippen molar-refractivity contribution in [3.63, 3.8) is 0 Å². The number of carbonyl (C=O) groups excluding carboxylic acids is 2. The van der Waals surface area contributed by atoms with Crippen molar-refractivity contribution >= 4 is 11.8 Å². The van der Waals surface area contributed by atoms with Gasteiger partial charge in [0.25, 0.3) is 0 Å². The number of hydrogen-bond acceptors (Lipinski definition) is 4. The van der Waals surface area contributed by atoms with Crippen molar-refractivity contribution in [1.29, 1.82) is 0 Å². The number of benzene rings is 1. The molecule has 0 aromatic heterocycles. The zero-order valence-electron chi connectivity index (χ0n) is 16.6. The first-order valence-electron chi connectivity index (χ1n) is 10.1. The summed E-state index contributed by atoms with van der Waals surface area (Å²) in [5.74, 6) is 1.15. The number of ether oxygens (including phenoxy) is 1. The third kappa shape index (κ3) is 5.22. The summed E-state index contributed by atoms with van der Waals surface area (Å²) in [4.78, 5) is 30.5. The largest absolute Gasteiger partial charge is 0.491 e. The Morgan fingerprint density at radius 3 is 2.56 bits per heavy atom. The minimum atomic E-state index is 0.0641. The molecule has 2 aliphatic rings. The maximum Gasteiger partial charge on any atom is 0.222 e. The first-order chi connectivity index (χ1) is 13.1. The standard InChI is InChI=1S/C21H31N3O3/c1-3-8-22-9-11-23(12-10-22)21(26)7-5-18-4-6-20-19(15-18)16-24(17(2)25)13-14-27-20/h4,6,15H,3,5,7-14,16H2,1-2H3. The van der Waals surface area contributed by atoms with Crippen molar-refractivity contribution in [2.45, 2.75) is 39.7 Å². The van der Waals surface area contributed by atoms with Crippen LogP contribution in [0.15, 0.2) is 18.2 Å². The van der Waals surface area contributed by atoms with E-state index in [0.29, 0.717) is 26.1 Å². The van der Waals surface area contributed by atoms with Gasteiger partial charge in [-0.05, 0) is 31.0 Å². The van der Waals surface area contributed by atoms with E-state index < -0.39 is 0 Å². The number of fused-ring (bicyclic) bond motifs is 1. The van der Waals surface area contributed by atoms with Crippen LogP contribution < -0.4 is 4.74 Å². The summed E-state index contributed by atoms with van der Waals surface area (Å²) >= 11 is 0. The first kappa shape index (κ1) is 19.7. The summed E-state index contributed by atoms with van der Waals surface area (Å²) < 4.78 is 5.76. The van der Waals surface area contributed by atoms with Crippen molar-refractivity contribution in [2.24, 2.45) is 0 Å². The fourth-order valence-corrected chi connectivity index (χ4v) is 3.82. The topological polar surface area (TPSA) is 53.1 Å². The van der Waals surface area contributed by atoms with E-state index in [1.54, 1.807) is 11.8 Å². The lowest BCUT2D eigenvalue weighted by Gasteiger charge is -2.34. The summed E-state index contributed by atoms with van der Waals surface area (Å²) in [6.07, 6.45) is 2.42. The van der Waals surface area contributed by atoms with E-state index in [2.05, 4.69) is 17.9 Å². The van der Waals surface area contributed by atoms with E-state index in [-0.39, 0.29) is 11.8 Å². The van der Waals surface area contributed by atoms with Gasteiger partial charge in [-0.1, -0.05) is 19.1 Å². The summed E-state index contributed by atoms with van der Waals surface area (Å²) in [7, 11) is 0. The van der Waals surface area contributed by atoms with Gasteiger partial charge in [-0.25, -0.2) is 0 Å². The van der Waals surface area contributed by atoms with E-state index in [0.717, 1.165) is 62.4 Å². The van der Waals surface area contributed by atoms with Gasteiger partial charge >= 0.3 is 0 Å². The van der Waals surface area contributed by atoms with Gasteiger partial charge in [-0.15, -0.1) is 0 Å². The van der Waals surface area contributed by atoms with Gasteiger partial charge in [0.05, 0.1) is 6.54 Å². The van der Waals surface area contributed by atoms with Gasteiger partial charge in [0.1, 0.15) is 12.4 Å². The maximum atomic E-state index is 12.6. The third-order valence-corrected chi connectivity index (χ3v) is 5.44. The Bertz CT molecular complexity index is 669. The van der Waals surface area contributed by atoms with Gasteiger partial charge in [0, 0.05) is 51.6 Å². The normalized spacial score (nSPS) is 17.9. The number of aryl methyl sites for hydroxylation is 1. The Balaban J connectivity index is 1.54. The third-order valence-electron chi connectivity index (χ3n) is 5.44. The molecule has 0 atom stereocenters. The second kappa shape index (κ2) is 9.22. The molecule has 1 fully saturated rings. The number of carbonyl (C=O) groups is 2. The molecule has 6 nitrogen and oxygen atoms in total. The highest BCUT2D eigenvalue weighted by Crippen LogP contribution is 2.25. The molecule has 1 aromatic carbocycles. The van der Waals surface area contributed by atoms with Crippen LogP contribution in [0, 0.1) is 0 Å². The molecule has 0 spiro atoms. The van der Waals surface area contributed by atoms with Crippen LogP contribution in [0.2, 0.25) is 0 Å². The highest BCUT2D eigenvalue weighted by atomic mass is 16.5. The molecule has 2 aliphatic heterocycles. The minimum Gasteiger partial charge on any atom is -0.491 e. The summed E-state index contributed by atoms with van der Waals surface area (Å²) in [5, 5.41) is 0. The fourth-order valence-electron chi connectivity index (χ4n) is 3.82. The van der Waals surface area contributed by atoms with Crippen LogP contribution in [0.3, 0.4) is 0 Å². The Morgan fingerprint density at radius 1 is 1.07 bits per heavy atom. The van der Waals surface area contributed by atoms with Crippen molar-refractivity contribution < 1.29 is 14.3 Å². The molecule has 2 amide bonds. The van der Waals surface area contributed by atoms with Crippen molar-refractivity contribution in [3.8, 4) is 5.75 Å². The highest BCUT2D eigenvalue weighted by molar-refractivity contribution is 5.76. The van der Waals surface area contributed by atoms with Crippen molar-refractivity contribution in [1.82, 2.24) is 14.7 Å². The predicted molar refractivity (Wildman–Crippen MR) is 105 cm³/mol. The Morgan fingerprint density at radius 2 is 1.85 bits per heavy atom. The molecule has 148 valence electrons. The average Bonchev–Trinajstić information content (AvgIpc) is 2.89. The lowest BCUT2D eigenvalue weighted by atomic mass is 10.0. The Labute approximate surface area is 162 Å². The lowest BCUT2D eigenvalue weighted by molar-refractivity contribution is -0.133. The van der Waals surface area contributed by atoms with Crippen LogP contribution in [0.4, 0.5) is 0 Å². The van der Waals surface area contributed by atoms with E-state index >= 15 is 0 Å². The quantitative estimate of drug-likeness (QED) is 0.791. The molecule has 0 saturated carbocycles. The van der Waals surface area contributed by atoms with Crippen LogP contribution in [-0.4, -0.2) is 72.4 Å². The average molecular weight is 373 g/mol. The van der Waals surface area contributed by atoms with Gasteiger partial charge in [-0.2, -0.15) is 0 Å². The highest BCUT2D eigenvalue weighted by Gasteiger charge is 2.21. The SMILES string of the molecule is CCCN1CCN(C(=O)CCc2ccc3c(c2)CN(C(C)=O)CCO3)CC1. The molecule has 0 N–H and O–H groups in total. The number of amides is 2. The molecular formula is C21H31N3O3. The monoisotopic (exact) mass is 373 g/mol. The lowest BCUT2D eigenvalue weighted by Crippen LogP contribution is -2.48. The predicted octanol–water partition coefficient (Wildman–Crippen LogP) is 1.91. The molecular weight excluding hydrogens is 342 g/mol. The van der Waals surface area contributed by atoms with Crippen LogP contribution >= 0.6 is 0 Å². The van der Waals surface area contributed by atoms with Crippen molar-refractivity contribution in [2.75, 3.05) is 45.9 Å². The summed E-state index contributed by atoms with van der Waals surface area (Å²) in [6.45, 7) is 10.3. The molecule has 1 saturated heterocycles. The molecule has 2 heterocycles. The Kier molecular flexibility index (Phi) is 6.72. The Hall–Kier alpha value is -2.08. The van der Waals surface area contributed by atoms with Gasteiger partial charge in [0.2, 0.25) is 11.8 Å². The zero-order chi connectivity index (χ0) is 19.2. The summed E-state index contributed by atoms with van der Waals surface area (Å²) in [6, 6.07) is 6.10. The molecule has 0 unspecified atom stereocenters. The molecule has 27 heavy (non-hydrogen) atoms. The van der Waals surface area contributed by atoms with Crippen LogP contribution in [0.1, 0.15) is 37.8 Å². The second-order valence-electron chi connectivity index (χ2n) is 7.45. The van der Waals surface area contributed by atoms with Crippen LogP contribution in [0.25, 0.3) is 0 Å². The molecule has 3 rings (SSSR count). The molecule has 6 heteroatoms. The molecule has 0 radical (unpaired) electrons. The van der Waals surface area contributed by atoms with E-state index in [9.17, 15) is 9.59 Å². The molecule has 0 aliphatic carbocycles. The maximum absolute atomic E-state index is 12.6. The second-order valence-corrected chi connectivity index (χ2v) is 7.45. The number of nitrogens with zero attached hydrogens (tertiary/aromatic N) is 3. The van der Waals surface area contributed by atoms with Gasteiger partial charge in [-0.3, -0.25) is 14.5 Å². The van der Waals surface area contributed by atoms with E-state index in [1.807, 2.05) is 17.0 Å². The fraction of sp³-hybridized carbons (Fsp3) is 0.619. The van der Waals surface area contributed by atoms with Crippen molar-refractivity contribution in [3.05, 3.63) is 29.3 Å². The number of hydrogen-bond donors (Lipinski definition) is 0. The van der Waals surface area contributed by atoms with Gasteiger partial charge in [0.15, 0.2) is 0 Å². The summed E-state index contributed by atoms with van der Waals surface area (Å²) in [5.41, 5.74) is 2.15. The van der Waals surface area contributed by atoms with Gasteiger partial charge < -0.3 is 14.5 Å². The number of piperazine rings is 1. The molecule has 1 aromatic rings. The van der Waals surface area contributed by atoms with E-state index in [1.165, 1.54) is 0 Å². The number of rotatable bonds is 5. The minimum absolute atomic E-state index is 0.0641. The molecule has 0 bridgehead atoms. The zero-order valence-corrected chi connectivity index (χ0v) is 16.6. The van der Waals surface area contributed by atoms with Crippen LogP contribution in [-0.2, 0) is 22.6 Å². The van der Waals surface area contributed by atoms with E-state index in [4.69, 9.17) is 4.74 Å². The first-order valence-corrected chi connectivity index (χ1v) is 10.1.